The molecule has 5 nitrogen and oxygen atoms in total. The molecule has 0 heterocycles. The molecule has 1 aliphatic carbocycles. The third kappa shape index (κ3) is 6.50. The summed E-state index contributed by atoms with van der Waals surface area (Å²) in [7, 11) is 0. The van der Waals surface area contributed by atoms with Gasteiger partial charge in [0.15, 0.2) is 11.5 Å². The molecule has 0 bridgehead atoms. The lowest BCUT2D eigenvalue weighted by Crippen LogP contribution is -2.36. The van der Waals surface area contributed by atoms with Gasteiger partial charge in [-0.15, -0.1) is 0 Å². The fourth-order valence-electron chi connectivity index (χ4n) is 3.60. The van der Waals surface area contributed by atoms with Crippen molar-refractivity contribution in [3.05, 3.63) is 64.2 Å². The minimum absolute atomic E-state index is 0.0813. The van der Waals surface area contributed by atoms with Gasteiger partial charge < -0.3 is 14.8 Å². The summed E-state index contributed by atoms with van der Waals surface area (Å²) in [6.07, 6.45) is 6.96. The van der Waals surface area contributed by atoms with Crippen molar-refractivity contribution in [3.63, 3.8) is 0 Å². The topological polar surface area (TPSA) is 71.3 Å². The van der Waals surface area contributed by atoms with E-state index < -0.39 is 0 Å². The lowest BCUT2D eigenvalue weighted by molar-refractivity contribution is -0.117. The lowest BCUT2D eigenvalue weighted by Gasteiger charge is -2.22. The predicted octanol–water partition coefficient (Wildman–Crippen LogP) is 5.67. The van der Waals surface area contributed by atoms with Gasteiger partial charge in [0, 0.05) is 16.6 Å². The first kappa shape index (κ1) is 22.7. The molecule has 1 N–H and O–H groups in total. The van der Waals surface area contributed by atoms with E-state index in [0.717, 1.165) is 31.2 Å². The van der Waals surface area contributed by atoms with E-state index in [-0.39, 0.29) is 17.5 Å². The number of halogens is 1. The number of carbonyl (C=O) groups excluding carboxylic acids is 1. The van der Waals surface area contributed by atoms with Gasteiger partial charge in [0.2, 0.25) is 0 Å². The van der Waals surface area contributed by atoms with Crippen molar-refractivity contribution < 1.29 is 14.3 Å². The monoisotopic (exact) mass is 438 g/mol. The SMILES string of the molecule is CCOc1cc(/C=C(\C#N)C(=O)NC2CCCCC2)ccc1OCc1ccccc1Cl. The number of nitriles is 1. The highest BCUT2D eigenvalue weighted by atomic mass is 35.5. The molecule has 0 atom stereocenters. The molecule has 3 rings (SSSR count). The van der Waals surface area contributed by atoms with Crippen molar-refractivity contribution in [1.29, 1.82) is 5.26 Å². The van der Waals surface area contributed by atoms with Crippen molar-refractivity contribution in [2.75, 3.05) is 6.61 Å². The first-order chi connectivity index (χ1) is 15.1. The maximum Gasteiger partial charge on any atom is 0.262 e. The second kappa shape index (κ2) is 11.4. The third-order valence-corrected chi connectivity index (χ3v) is 5.59. The van der Waals surface area contributed by atoms with Crippen LogP contribution in [0.1, 0.15) is 50.2 Å². The maximum atomic E-state index is 12.5. The first-order valence-corrected chi connectivity index (χ1v) is 11.0. The number of hydrogen-bond donors (Lipinski definition) is 1. The summed E-state index contributed by atoms with van der Waals surface area (Å²) >= 11 is 6.20. The van der Waals surface area contributed by atoms with Crippen LogP contribution in [0.3, 0.4) is 0 Å². The molecule has 0 unspecified atom stereocenters. The van der Waals surface area contributed by atoms with Crippen LogP contribution in [0.2, 0.25) is 5.02 Å². The van der Waals surface area contributed by atoms with E-state index in [1.54, 1.807) is 24.3 Å². The number of ether oxygens (including phenoxy) is 2. The Hall–Kier alpha value is -2.97. The zero-order chi connectivity index (χ0) is 22.1. The van der Waals surface area contributed by atoms with Crippen LogP contribution < -0.4 is 14.8 Å². The van der Waals surface area contributed by atoms with Crippen molar-refractivity contribution in [2.24, 2.45) is 0 Å². The van der Waals surface area contributed by atoms with Gasteiger partial charge in [0.1, 0.15) is 18.2 Å². The number of nitrogens with one attached hydrogen (secondary N) is 1. The van der Waals surface area contributed by atoms with E-state index in [0.29, 0.717) is 35.3 Å². The standard InChI is InChI=1S/C25H27ClN2O3/c1-2-30-24-15-18(12-13-23(24)31-17-19-8-6-7-11-22(19)26)14-20(16-27)25(29)28-21-9-4-3-5-10-21/h6-8,11-15,21H,2-5,9-10,17H2,1H3,(H,28,29)/b20-14+. The molecule has 2 aromatic rings. The highest BCUT2D eigenvalue weighted by Gasteiger charge is 2.18. The third-order valence-electron chi connectivity index (χ3n) is 5.23. The van der Waals surface area contributed by atoms with Crippen LogP contribution in [0.5, 0.6) is 11.5 Å². The Kier molecular flexibility index (Phi) is 8.37. The van der Waals surface area contributed by atoms with E-state index >= 15 is 0 Å². The van der Waals surface area contributed by atoms with Crippen LogP contribution in [0, 0.1) is 11.3 Å². The molecule has 1 amide bonds. The lowest BCUT2D eigenvalue weighted by atomic mass is 9.95. The van der Waals surface area contributed by atoms with Gasteiger partial charge in [0.25, 0.3) is 5.91 Å². The molecule has 0 spiro atoms. The Bertz CT molecular complexity index is 975. The second-order valence-corrected chi connectivity index (χ2v) is 7.90. The van der Waals surface area contributed by atoms with Gasteiger partial charge in [-0.2, -0.15) is 5.26 Å². The minimum Gasteiger partial charge on any atom is -0.490 e. The van der Waals surface area contributed by atoms with Crippen molar-refractivity contribution in [2.45, 2.75) is 51.7 Å². The molecular formula is C25H27ClN2O3. The van der Waals surface area contributed by atoms with Gasteiger partial charge in [-0.1, -0.05) is 55.1 Å². The number of hydrogen-bond acceptors (Lipinski definition) is 4. The van der Waals surface area contributed by atoms with Crippen molar-refractivity contribution in [3.8, 4) is 17.6 Å². The molecule has 1 fully saturated rings. The van der Waals surface area contributed by atoms with Crippen LogP contribution in [-0.2, 0) is 11.4 Å². The molecular weight excluding hydrogens is 412 g/mol. The number of rotatable bonds is 8. The highest BCUT2D eigenvalue weighted by molar-refractivity contribution is 6.31. The highest BCUT2D eigenvalue weighted by Crippen LogP contribution is 2.31. The van der Waals surface area contributed by atoms with E-state index in [9.17, 15) is 10.1 Å². The van der Waals surface area contributed by atoms with Gasteiger partial charge in [-0.3, -0.25) is 4.79 Å². The fraction of sp³-hybridized carbons (Fsp3) is 0.360. The quantitative estimate of drug-likeness (QED) is 0.425. The fourth-order valence-corrected chi connectivity index (χ4v) is 3.79. The molecule has 2 aromatic carbocycles. The molecule has 162 valence electrons. The molecule has 0 aromatic heterocycles. The number of carbonyl (C=O) groups is 1. The van der Waals surface area contributed by atoms with Crippen LogP contribution in [0.4, 0.5) is 0 Å². The van der Waals surface area contributed by atoms with E-state index in [1.807, 2.05) is 37.3 Å². The first-order valence-electron chi connectivity index (χ1n) is 10.7. The van der Waals surface area contributed by atoms with Gasteiger partial charge >= 0.3 is 0 Å². The summed E-state index contributed by atoms with van der Waals surface area (Å²) in [5.41, 5.74) is 1.66. The van der Waals surface area contributed by atoms with Gasteiger partial charge in [-0.25, -0.2) is 0 Å². The molecule has 0 radical (unpaired) electrons. The number of amides is 1. The summed E-state index contributed by atoms with van der Waals surface area (Å²) in [5, 5.41) is 13.1. The maximum absolute atomic E-state index is 12.5. The summed E-state index contributed by atoms with van der Waals surface area (Å²) in [6.45, 7) is 2.66. The Labute approximate surface area is 188 Å². The zero-order valence-electron chi connectivity index (χ0n) is 17.7. The molecule has 0 aliphatic heterocycles. The van der Waals surface area contributed by atoms with Crippen molar-refractivity contribution in [1.82, 2.24) is 5.32 Å². The van der Waals surface area contributed by atoms with Crippen LogP contribution in [0.25, 0.3) is 6.08 Å². The summed E-state index contributed by atoms with van der Waals surface area (Å²) in [6, 6.07) is 15.0. The summed E-state index contributed by atoms with van der Waals surface area (Å²) in [4.78, 5) is 12.5. The molecule has 1 aliphatic rings. The average Bonchev–Trinajstić information content (AvgIpc) is 2.78. The van der Waals surface area contributed by atoms with Crippen molar-refractivity contribution >= 4 is 23.6 Å². The molecule has 31 heavy (non-hydrogen) atoms. The van der Waals surface area contributed by atoms with E-state index in [1.165, 1.54) is 6.42 Å². The minimum atomic E-state index is -0.327. The van der Waals surface area contributed by atoms with Gasteiger partial charge in [0.05, 0.1) is 6.61 Å². The number of nitrogens with zero attached hydrogens (tertiary/aromatic N) is 1. The Morgan fingerprint density at radius 1 is 1.16 bits per heavy atom. The summed E-state index contributed by atoms with van der Waals surface area (Å²) < 4.78 is 11.6. The number of benzene rings is 2. The van der Waals surface area contributed by atoms with Crippen LogP contribution in [-0.4, -0.2) is 18.6 Å². The second-order valence-electron chi connectivity index (χ2n) is 7.50. The zero-order valence-corrected chi connectivity index (χ0v) is 18.5. The largest absolute Gasteiger partial charge is 0.490 e. The van der Waals surface area contributed by atoms with Crippen LogP contribution >= 0.6 is 11.6 Å². The molecule has 0 saturated heterocycles. The van der Waals surface area contributed by atoms with Gasteiger partial charge in [-0.05, 0) is 49.6 Å². The predicted molar refractivity (Wildman–Crippen MR) is 122 cm³/mol. The molecule has 1 saturated carbocycles. The van der Waals surface area contributed by atoms with Crippen LogP contribution in [0.15, 0.2) is 48.0 Å². The Morgan fingerprint density at radius 3 is 2.65 bits per heavy atom. The average molecular weight is 439 g/mol. The van der Waals surface area contributed by atoms with E-state index in [4.69, 9.17) is 21.1 Å². The normalized spacial score (nSPS) is 14.5. The smallest absolute Gasteiger partial charge is 0.262 e. The van der Waals surface area contributed by atoms with E-state index in [2.05, 4.69) is 5.32 Å². The Morgan fingerprint density at radius 2 is 1.94 bits per heavy atom. The molecule has 6 heteroatoms. The summed E-state index contributed by atoms with van der Waals surface area (Å²) in [5.74, 6) is 0.795. The Balaban J connectivity index is 1.74.